The van der Waals surface area contributed by atoms with E-state index in [4.69, 9.17) is 0 Å². The third-order valence-electron chi connectivity index (χ3n) is 6.30. The van der Waals surface area contributed by atoms with Crippen LogP contribution in [0.2, 0.25) is 0 Å². The monoisotopic (exact) mass is 526 g/mol. The molecule has 0 fully saturated rings. The lowest BCUT2D eigenvalue weighted by Gasteiger charge is -2.25. The number of rotatable bonds is 14. The zero-order chi connectivity index (χ0) is 27.5. The molecule has 0 aliphatic carbocycles. The quantitative estimate of drug-likeness (QED) is 0.295. The van der Waals surface area contributed by atoms with Gasteiger partial charge in [0.25, 0.3) is 0 Å². The number of carbonyl (C=O) groups excluding carboxylic acids is 2. The van der Waals surface area contributed by atoms with E-state index >= 15 is 0 Å². The molecule has 3 rings (SSSR count). The highest BCUT2D eigenvalue weighted by atomic mass is 19.1. The van der Waals surface area contributed by atoms with Gasteiger partial charge in [-0.25, -0.2) is 13.8 Å². The average Bonchev–Trinajstić information content (AvgIpc) is 3.35. The molecular formula is C29H36F2N4O3. The average molecular weight is 527 g/mol. The summed E-state index contributed by atoms with van der Waals surface area (Å²) in [6.07, 6.45) is 4.38. The Labute approximate surface area is 222 Å². The molecule has 0 bridgehead atoms. The molecule has 2 atom stereocenters. The molecule has 9 heteroatoms. The first-order valence-electron chi connectivity index (χ1n) is 13.0. The maximum atomic E-state index is 13.8. The number of aromatic nitrogens is 2. The number of hydrogen-bond donors (Lipinski definition) is 3. The fraction of sp³-hybridized carbons (Fsp3) is 0.414. The predicted octanol–water partition coefficient (Wildman–Crippen LogP) is 3.97. The summed E-state index contributed by atoms with van der Waals surface area (Å²) in [6, 6.07) is 10.4. The minimum atomic E-state index is -1.04. The summed E-state index contributed by atoms with van der Waals surface area (Å²) < 4.78 is 29.0. The molecule has 0 spiro atoms. The molecule has 0 saturated heterocycles. The van der Waals surface area contributed by atoms with Gasteiger partial charge in [0.15, 0.2) is 0 Å². The molecule has 3 N–H and O–H groups in total. The number of aliphatic hydroxyl groups excluding tert-OH is 1. The number of hydrogen-bond acceptors (Lipinski definition) is 5. The molecule has 1 amide bonds. The molecule has 0 aliphatic rings. The van der Waals surface area contributed by atoms with Crippen LogP contribution < -0.4 is 10.6 Å². The van der Waals surface area contributed by atoms with Crippen molar-refractivity contribution in [2.75, 3.05) is 6.54 Å². The van der Waals surface area contributed by atoms with Crippen molar-refractivity contribution in [2.45, 2.75) is 71.1 Å². The van der Waals surface area contributed by atoms with Gasteiger partial charge in [0, 0.05) is 50.8 Å². The molecule has 1 aromatic heterocycles. The molecule has 0 radical (unpaired) electrons. The van der Waals surface area contributed by atoms with Crippen molar-refractivity contribution in [3.05, 3.63) is 89.0 Å². The van der Waals surface area contributed by atoms with E-state index < -0.39 is 29.7 Å². The number of nitrogens with one attached hydrogen (secondary N) is 2. The largest absolute Gasteiger partial charge is 0.390 e. The molecule has 0 aliphatic heterocycles. The second kappa shape index (κ2) is 14.5. The second-order valence-electron chi connectivity index (χ2n) is 9.38. The van der Waals surface area contributed by atoms with E-state index in [1.807, 2.05) is 25.1 Å². The van der Waals surface area contributed by atoms with E-state index in [-0.39, 0.29) is 31.7 Å². The molecule has 7 nitrogen and oxygen atoms in total. The van der Waals surface area contributed by atoms with Gasteiger partial charge in [-0.1, -0.05) is 38.1 Å². The van der Waals surface area contributed by atoms with E-state index in [0.29, 0.717) is 24.4 Å². The first-order valence-corrected chi connectivity index (χ1v) is 13.0. The molecule has 0 saturated carbocycles. The maximum absolute atomic E-state index is 13.8. The Bertz CT molecular complexity index is 1190. The zero-order valence-electron chi connectivity index (χ0n) is 21.9. The Morgan fingerprint density at radius 1 is 1.03 bits per heavy atom. The summed E-state index contributed by atoms with van der Waals surface area (Å²) in [5.41, 5.74) is 2.57. The van der Waals surface area contributed by atoms with Gasteiger partial charge < -0.3 is 15.7 Å². The Morgan fingerprint density at radius 2 is 1.76 bits per heavy atom. The number of aliphatic hydroxyl groups is 1. The number of nitrogens with zero attached hydrogens (tertiary/aromatic N) is 2. The Morgan fingerprint density at radius 3 is 2.47 bits per heavy atom. The van der Waals surface area contributed by atoms with Crippen LogP contribution in [0.1, 0.15) is 60.4 Å². The van der Waals surface area contributed by atoms with Crippen molar-refractivity contribution in [1.82, 2.24) is 20.2 Å². The standard InChI is InChI=1S/C29H36F2N4O3/c1-3-6-27-33-11-12-35(27)29(38)10-9-28(37)34-25(16-22-14-23(30)17-24(31)15-22)26(36)19-32-18-21-8-5-7-20(4-2)13-21/h5,7-8,11-15,17,25-26,32,36H,3-4,6,9-10,16,18-19H2,1-2H3,(H,34,37)/t25-,26+/m1/s1. The van der Waals surface area contributed by atoms with Crippen LogP contribution in [-0.2, 0) is 30.6 Å². The molecule has 38 heavy (non-hydrogen) atoms. The fourth-order valence-electron chi connectivity index (χ4n) is 4.32. The molecule has 204 valence electrons. The van der Waals surface area contributed by atoms with Crippen LogP contribution in [0.15, 0.2) is 54.9 Å². The van der Waals surface area contributed by atoms with Gasteiger partial charge in [-0.05, 0) is 48.1 Å². The lowest BCUT2D eigenvalue weighted by atomic mass is 10.00. The van der Waals surface area contributed by atoms with Gasteiger partial charge in [-0.3, -0.25) is 14.2 Å². The summed E-state index contributed by atoms with van der Waals surface area (Å²) in [7, 11) is 0. The molecule has 2 aromatic carbocycles. The highest BCUT2D eigenvalue weighted by Gasteiger charge is 2.23. The number of imidazole rings is 1. The summed E-state index contributed by atoms with van der Waals surface area (Å²) in [6.45, 7) is 4.73. The minimum Gasteiger partial charge on any atom is -0.390 e. The molecule has 0 unspecified atom stereocenters. The summed E-state index contributed by atoms with van der Waals surface area (Å²) in [4.78, 5) is 29.6. The van der Waals surface area contributed by atoms with E-state index in [1.54, 1.807) is 12.4 Å². The predicted molar refractivity (Wildman–Crippen MR) is 142 cm³/mol. The Kier molecular flexibility index (Phi) is 11.1. The molecule has 1 heterocycles. The van der Waals surface area contributed by atoms with Crippen molar-refractivity contribution < 1.29 is 23.5 Å². The zero-order valence-corrected chi connectivity index (χ0v) is 21.9. The van der Waals surface area contributed by atoms with Crippen LogP contribution in [0.3, 0.4) is 0 Å². The van der Waals surface area contributed by atoms with Crippen LogP contribution in [0, 0.1) is 11.6 Å². The van der Waals surface area contributed by atoms with E-state index in [2.05, 4.69) is 28.6 Å². The van der Waals surface area contributed by atoms with Gasteiger partial charge in [-0.2, -0.15) is 0 Å². The van der Waals surface area contributed by atoms with Gasteiger partial charge in [0.2, 0.25) is 11.8 Å². The number of halogens is 2. The van der Waals surface area contributed by atoms with Crippen molar-refractivity contribution in [1.29, 1.82) is 0 Å². The lowest BCUT2D eigenvalue weighted by Crippen LogP contribution is -2.48. The third kappa shape index (κ3) is 8.85. The van der Waals surface area contributed by atoms with Crippen molar-refractivity contribution >= 4 is 11.8 Å². The third-order valence-corrected chi connectivity index (χ3v) is 6.30. The number of carbonyl (C=O) groups is 2. The Hall–Kier alpha value is -3.43. The maximum Gasteiger partial charge on any atom is 0.232 e. The van der Waals surface area contributed by atoms with Crippen LogP contribution >= 0.6 is 0 Å². The lowest BCUT2D eigenvalue weighted by molar-refractivity contribution is -0.122. The van der Waals surface area contributed by atoms with Crippen molar-refractivity contribution in [3.8, 4) is 0 Å². The first-order chi connectivity index (χ1) is 18.3. The fourth-order valence-corrected chi connectivity index (χ4v) is 4.32. The minimum absolute atomic E-state index is 0.0186. The van der Waals surface area contributed by atoms with Gasteiger partial charge in [-0.15, -0.1) is 0 Å². The van der Waals surface area contributed by atoms with Crippen LogP contribution in [-0.4, -0.2) is 45.2 Å². The van der Waals surface area contributed by atoms with Gasteiger partial charge >= 0.3 is 0 Å². The summed E-state index contributed by atoms with van der Waals surface area (Å²) >= 11 is 0. The van der Waals surface area contributed by atoms with Gasteiger partial charge in [0.05, 0.1) is 12.1 Å². The highest BCUT2D eigenvalue weighted by Crippen LogP contribution is 2.13. The number of amides is 1. The Balaban J connectivity index is 1.62. The van der Waals surface area contributed by atoms with Crippen molar-refractivity contribution in [2.24, 2.45) is 0 Å². The number of aryl methyl sites for hydroxylation is 2. The molecule has 3 aromatic rings. The van der Waals surface area contributed by atoms with Crippen LogP contribution in [0.25, 0.3) is 0 Å². The topological polar surface area (TPSA) is 96.2 Å². The highest BCUT2D eigenvalue weighted by molar-refractivity contribution is 5.85. The smallest absolute Gasteiger partial charge is 0.232 e. The first kappa shape index (κ1) is 29.1. The van der Waals surface area contributed by atoms with E-state index in [9.17, 15) is 23.5 Å². The van der Waals surface area contributed by atoms with Gasteiger partial charge in [0.1, 0.15) is 17.5 Å². The molecular weight excluding hydrogens is 490 g/mol. The SMILES string of the molecule is CCCc1nccn1C(=O)CCC(=O)N[C@H](Cc1cc(F)cc(F)c1)[C@@H](O)CNCc1cccc(CC)c1. The van der Waals surface area contributed by atoms with E-state index in [0.717, 1.165) is 24.5 Å². The summed E-state index contributed by atoms with van der Waals surface area (Å²) in [5.74, 6) is -1.51. The van der Waals surface area contributed by atoms with E-state index in [1.165, 1.54) is 22.3 Å². The van der Waals surface area contributed by atoms with Crippen LogP contribution in [0.5, 0.6) is 0 Å². The van der Waals surface area contributed by atoms with Crippen molar-refractivity contribution in [3.63, 3.8) is 0 Å². The second-order valence-corrected chi connectivity index (χ2v) is 9.38. The normalized spacial score (nSPS) is 12.8. The summed E-state index contributed by atoms with van der Waals surface area (Å²) in [5, 5.41) is 16.9. The number of benzene rings is 2. The van der Waals surface area contributed by atoms with Crippen LogP contribution in [0.4, 0.5) is 8.78 Å².